The number of anilines is 1. The predicted molar refractivity (Wildman–Crippen MR) is 136 cm³/mol. The summed E-state index contributed by atoms with van der Waals surface area (Å²) in [5.74, 6) is -1.06. The minimum Gasteiger partial charge on any atom is -0.493 e. The number of carbonyl (C=O) groups excluding carboxylic acids is 2. The number of hydrogen-bond acceptors (Lipinski definition) is 5. The van der Waals surface area contributed by atoms with Crippen molar-refractivity contribution in [1.29, 1.82) is 5.26 Å². The molecule has 3 aromatic rings. The van der Waals surface area contributed by atoms with Crippen molar-refractivity contribution >= 4 is 51.5 Å². The average molecular weight is 521 g/mol. The van der Waals surface area contributed by atoms with Gasteiger partial charge in [-0.15, -0.1) is 0 Å². The van der Waals surface area contributed by atoms with Gasteiger partial charge in [0.05, 0.1) is 57.0 Å². The van der Waals surface area contributed by atoms with Crippen LogP contribution in [0, 0.1) is 23.2 Å². The molecule has 0 aliphatic carbocycles. The van der Waals surface area contributed by atoms with Crippen LogP contribution in [0.2, 0.25) is 10.0 Å². The zero-order valence-corrected chi connectivity index (χ0v) is 21.0. The summed E-state index contributed by atoms with van der Waals surface area (Å²) in [6.45, 7) is 2.24. The van der Waals surface area contributed by atoms with E-state index in [1.54, 1.807) is 30.3 Å². The smallest absolute Gasteiger partial charge is 0.240 e. The summed E-state index contributed by atoms with van der Waals surface area (Å²) in [5, 5.41) is 11.8. The van der Waals surface area contributed by atoms with Crippen LogP contribution in [0.4, 0.5) is 5.69 Å². The Hall–Kier alpha value is -3.11. The molecule has 3 aromatic carbocycles. The standard InChI is InChI=1S/C28H22Cl2N2O4/c1-27-10-11-28(36-27,12-13-35-17-7-8-20(29)21(30)14-17)24-23(27)25(33)32(26(24)34)22-9-6-16(15-31)18-4-2-3-5-19(18)22/h2-9,14,23-24H,10-13H2,1H3/t23-,24+,27-,28-/m1/s1. The van der Waals surface area contributed by atoms with Gasteiger partial charge in [-0.3, -0.25) is 9.59 Å². The maximum atomic E-state index is 13.9. The lowest BCUT2D eigenvalue weighted by atomic mass is 9.67. The molecule has 6 rings (SSSR count). The molecule has 3 heterocycles. The third kappa shape index (κ3) is 3.27. The number of nitrogens with zero attached hydrogens (tertiary/aromatic N) is 2. The minimum atomic E-state index is -0.778. The van der Waals surface area contributed by atoms with Gasteiger partial charge in [0, 0.05) is 23.3 Å². The Labute approximate surface area is 218 Å². The van der Waals surface area contributed by atoms with E-state index >= 15 is 0 Å². The quantitative estimate of drug-likeness (QED) is 0.390. The first-order valence-electron chi connectivity index (χ1n) is 11.9. The molecule has 0 radical (unpaired) electrons. The molecule has 3 aliphatic heterocycles. The summed E-state index contributed by atoms with van der Waals surface area (Å²) >= 11 is 12.1. The molecule has 2 amide bonds. The molecule has 36 heavy (non-hydrogen) atoms. The van der Waals surface area contributed by atoms with Gasteiger partial charge >= 0.3 is 0 Å². The molecule has 6 nitrogen and oxygen atoms in total. The number of carbonyl (C=O) groups is 2. The molecular weight excluding hydrogens is 499 g/mol. The molecule has 3 fully saturated rings. The van der Waals surface area contributed by atoms with E-state index in [2.05, 4.69) is 6.07 Å². The molecule has 2 bridgehead atoms. The van der Waals surface area contributed by atoms with Gasteiger partial charge in [0.15, 0.2) is 0 Å². The van der Waals surface area contributed by atoms with E-state index in [0.717, 1.165) is 0 Å². The molecule has 0 unspecified atom stereocenters. The number of hydrogen-bond donors (Lipinski definition) is 0. The molecule has 3 aliphatic rings. The van der Waals surface area contributed by atoms with E-state index in [9.17, 15) is 14.9 Å². The fraction of sp³-hybridized carbons (Fsp3) is 0.321. The Balaban J connectivity index is 1.32. The summed E-state index contributed by atoms with van der Waals surface area (Å²) in [7, 11) is 0. The number of halogens is 2. The van der Waals surface area contributed by atoms with Crippen LogP contribution < -0.4 is 9.64 Å². The zero-order chi connectivity index (χ0) is 25.2. The van der Waals surface area contributed by atoms with Crippen LogP contribution in [0.25, 0.3) is 10.8 Å². The summed E-state index contributed by atoms with van der Waals surface area (Å²) in [6.07, 6.45) is 1.84. The van der Waals surface area contributed by atoms with Gasteiger partial charge < -0.3 is 9.47 Å². The molecule has 3 saturated heterocycles. The van der Waals surface area contributed by atoms with Crippen LogP contribution in [-0.2, 0) is 14.3 Å². The van der Waals surface area contributed by atoms with Gasteiger partial charge in [-0.25, -0.2) is 4.90 Å². The number of nitriles is 1. The summed E-state index contributed by atoms with van der Waals surface area (Å²) in [4.78, 5) is 29.1. The molecule has 8 heteroatoms. The maximum absolute atomic E-state index is 13.9. The van der Waals surface area contributed by atoms with Crippen molar-refractivity contribution in [1.82, 2.24) is 0 Å². The third-order valence-corrected chi connectivity index (χ3v) is 8.70. The largest absolute Gasteiger partial charge is 0.493 e. The van der Waals surface area contributed by atoms with Crippen LogP contribution in [0.5, 0.6) is 5.75 Å². The fourth-order valence-corrected chi connectivity index (χ4v) is 6.62. The van der Waals surface area contributed by atoms with E-state index in [1.165, 1.54) is 4.90 Å². The van der Waals surface area contributed by atoms with Gasteiger partial charge in [-0.05, 0) is 44.0 Å². The molecule has 0 N–H and O–H groups in total. The highest BCUT2D eigenvalue weighted by molar-refractivity contribution is 6.42. The van der Waals surface area contributed by atoms with Crippen LogP contribution in [0.3, 0.4) is 0 Å². The topological polar surface area (TPSA) is 79.6 Å². The fourth-order valence-electron chi connectivity index (χ4n) is 6.33. The Bertz CT molecular complexity index is 1480. The first-order valence-corrected chi connectivity index (χ1v) is 12.6. The van der Waals surface area contributed by atoms with E-state index in [1.807, 2.05) is 31.2 Å². The summed E-state index contributed by atoms with van der Waals surface area (Å²) < 4.78 is 12.4. The van der Waals surface area contributed by atoms with E-state index in [-0.39, 0.29) is 11.8 Å². The van der Waals surface area contributed by atoms with Crippen LogP contribution in [0.15, 0.2) is 54.6 Å². The van der Waals surface area contributed by atoms with Crippen molar-refractivity contribution in [3.63, 3.8) is 0 Å². The number of rotatable bonds is 5. The Morgan fingerprint density at radius 3 is 2.53 bits per heavy atom. The number of amides is 2. The van der Waals surface area contributed by atoms with Gasteiger partial charge in [0.2, 0.25) is 11.8 Å². The maximum Gasteiger partial charge on any atom is 0.240 e. The van der Waals surface area contributed by atoms with Crippen molar-refractivity contribution in [3.05, 3.63) is 70.2 Å². The van der Waals surface area contributed by atoms with Crippen molar-refractivity contribution in [2.24, 2.45) is 11.8 Å². The molecule has 0 aromatic heterocycles. The highest BCUT2D eigenvalue weighted by Crippen LogP contribution is 2.62. The summed E-state index contributed by atoms with van der Waals surface area (Å²) in [6, 6.07) is 18.0. The second-order valence-electron chi connectivity index (χ2n) is 9.91. The van der Waals surface area contributed by atoms with E-state index in [4.69, 9.17) is 32.7 Å². The van der Waals surface area contributed by atoms with Crippen molar-refractivity contribution in [2.75, 3.05) is 11.5 Å². The molecule has 0 spiro atoms. The lowest BCUT2D eigenvalue weighted by Gasteiger charge is -2.31. The lowest BCUT2D eigenvalue weighted by molar-refractivity contribution is -0.131. The lowest BCUT2D eigenvalue weighted by Crippen LogP contribution is -2.43. The van der Waals surface area contributed by atoms with E-state index < -0.39 is 23.0 Å². The Morgan fingerprint density at radius 2 is 1.78 bits per heavy atom. The normalized spacial score (nSPS) is 28.6. The van der Waals surface area contributed by atoms with Gasteiger partial charge in [0.1, 0.15) is 5.75 Å². The van der Waals surface area contributed by atoms with Gasteiger partial charge in [-0.2, -0.15) is 5.26 Å². The SMILES string of the molecule is C[C@]12CC[C@](CCOc3ccc(Cl)c(Cl)c3)(O1)[C@@H]1C(=O)N(c3ccc(C#N)c4ccccc34)C(=O)[C@@H]12. The van der Waals surface area contributed by atoms with Gasteiger partial charge in [0.25, 0.3) is 0 Å². The second-order valence-corrected chi connectivity index (χ2v) is 10.7. The number of imide groups is 1. The number of fused-ring (bicyclic) bond motifs is 6. The van der Waals surface area contributed by atoms with Gasteiger partial charge in [-0.1, -0.05) is 47.5 Å². The minimum absolute atomic E-state index is 0.241. The predicted octanol–water partition coefficient (Wildman–Crippen LogP) is 5.91. The number of ether oxygens (including phenoxy) is 2. The van der Waals surface area contributed by atoms with E-state index in [0.29, 0.717) is 63.7 Å². The Morgan fingerprint density at radius 1 is 1.03 bits per heavy atom. The highest BCUT2D eigenvalue weighted by Gasteiger charge is 2.73. The molecule has 0 saturated carbocycles. The summed E-state index contributed by atoms with van der Waals surface area (Å²) in [5.41, 5.74) is -0.475. The Kier molecular flexibility index (Phi) is 5.31. The average Bonchev–Trinajstić information content (AvgIpc) is 3.45. The molecule has 182 valence electrons. The molecule has 4 atom stereocenters. The monoisotopic (exact) mass is 520 g/mol. The van der Waals surface area contributed by atoms with Crippen molar-refractivity contribution in [3.8, 4) is 11.8 Å². The third-order valence-electron chi connectivity index (χ3n) is 7.96. The van der Waals surface area contributed by atoms with Crippen LogP contribution in [0.1, 0.15) is 31.7 Å². The first-order chi connectivity index (χ1) is 17.3. The first kappa shape index (κ1) is 23.3. The van der Waals surface area contributed by atoms with Crippen LogP contribution in [-0.4, -0.2) is 29.6 Å². The van der Waals surface area contributed by atoms with Crippen molar-refractivity contribution < 1.29 is 19.1 Å². The number of benzene rings is 3. The second kappa shape index (κ2) is 8.21. The molecular formula is C28H22Cl2N2O4. The highest BCUT2D eigenvalue weighted by atomic mass is 35.5. The zero-order valence-electron chi connectivity index (χ0n) is 19.5. The van der Waals surface area contributed by atoms with Crippen molar-refractivity contribution in [2.45, 2.75) is 37.4 Å². The van der Waals surface area contributed by atoms with Crippen LogP contribution >= 0.6 is 23.2 Å².